The number of rotatable bonds is 8. The molecule has 0 heterocycles. The van der Waals surface area contributed by atoms with E-state index in [4.69, 9.17) is 16.3 Å². The Kier molecular flexibility index (Phi) is 6.82. The van der Waals surface area contributed by atoms with Crippen LogP contribution in [0.3, 0.4) is 0 Å². The highest BCUT2D eigenvalue weighted by atomic mass is 35.5. The Morgan fingerprint density at radius 2 is 1.70 bits per heavy atom. The zero-order valence-electron chi connectivity index (χ0n) is 14.7. The Labute approximate surface area is 163 Å². The molecule has 3 rings (SSSR count). The lowest BCUT2D eigenvalue weighted by Crippen LogP contribution is -2.21. The standard InChI is InChI=1S/C22H21ClFNO2/c23-19-10-11-22(27-15-17-8-4-5-9-20(17)24)18(12-19)13-25-14-21(26)16-6-2-1-3-7-16/h1-12,21,25-26H,13-15H2/t21-/m1/s1. The van der Waals surface area contributed by atoms with Crippen LogP contribution in [0.4, 0.5) is 4.39 Å². The van der Waals surface area contributed by atoms with Gasteiger partial charge in [0.1, 0.15) is 18.2 Å². The van der Waals surface area contributed by atoms with E-state index >= 15 is 0 Å². The topological polar surface area (TPSA) is 41.5 Å². The predicted octanol–water partition coefficient (Wildman–Crippen LogP) is 4.88. The van der Waals surface area contributed by atoms with Gasteiger partial charge < -0.3 is 15.2 Å². The molecular formula is C22H21ClFNO2. The molecule has 0 spiro atoms. The molecule has 0 aromatic heterocycles. The third-order valence-corrected chi connectivity index (χ3v) is 4.44. The molecule has 0 unspecified atom stereocenters. The Morgan fingerprint density at radius 1 is 0.963 bits per heavy atom. The molecule has 0 saturated carbocycles. The van der Waals surface area contributed by atoms with Crippen molar-refractivity contribution in [3.8, 4) is 5.75 Å². The molecule has 3 aromatic rings. The molecule has 3 aromatic carbocycles. The zero-order chi connectivity index (χ0) is 19.1. The average Bonchev–Trinajstić information content (AvgIpc) is 2.69. The van der Waals surface area contributed by atoms with Gasteiger partial charge in [0.2, 0.25) is 0 Å². The number of hydrogen-bond acceptors (Lipinski definition) is 3. The van der Waals surface area contributed by atoms with Gasteiger partial charge in [-0.25, -0.2) is 4.39 Å². The summed E-state index contributed by atoms with van der Waals surface area (Å²) >= 11 is 6.10. The van der Waals surface area contributed by atoms with Crippen LogP contribution in [0.1, 0.15) is 22.8 Å². The van der Waals surface area contributed by atoms with Gasteiger partial charge in [-0.1, -0.05) is 60.1 Å². The largest absolute Gasteiger partial charge is 0.488 e. The summed E-state index contributed by atoms with van der Waals surface area (Å²) in [5.74, 6) is 0.335. The van der Waals surface area contributed by atoms with E-state index < -0.39 is 6.10 Å². The number of hydrogen-bond donors (Lipinski definition) is 2. The quantitative estimate of drug-likeness (QED) is 0.580. The summed E-state index contributed by atoms with van der Waals surface area (Å²) in [6, 6.07) is 21.3. The molecule has 0 aliphatic carbocycles. The molecule has 0 saturated heterocycles. The maximum absolute atomic E-state index is 13.8. The number of aliphatic hydroxyl groups excluding tert-OH is 1. The third kappa shape index (κ3) is 5.54. The maximum Gasteiger partial charge on any atom is 0.129 e. The van der Waals surface area contributed by atoms with Gasteiger partial charge in [0.25, 0.3) is 0 Å². The van der Waals surface area contributed by atoms with Crippen LogP contribution in [0.2, 0.25) is 5.02 Å². The predicted molar refractivity (Wildman–Crippen MR) is 105 cm³/mol. The molecule has 0 aliphatic rings. The monoisotopic (exact) mass is 385 g/mol. The first-order valence-electron chi connectivity index (χ1n) is 8.72. The zero-order valence-corrected chi connectivity index (χ0v) is 15.5. The highest BCUT2D eigenvalue weighted by Crippen LogP contribution is 2.24. The molecule has 5 heteroatoms. The summed E-state index contributed by atoms with van der Waals surface area (Å²) in [4.78, 5) is 0. The third-order valence-electron chi connectivity index (χ3n) is 4.20. The molecule has 3 nitrogen and oxygen atoms in total. The fraction of sp³-hybridized carbons (Fsp3) is 0.182. The van der Waals surface area contributed by atoms with Crippen molar-refractivity contribution in [1.82, 2.24) is 5.32 Å². The SMILES string of the molecule is O[C@H](CNCc1cc(Cl)ccc1OCc1ccccc1F)c1ccccc1. The number of nitrogens with one attached hydrogen (secondary N) is 1. The Morgan fingerprint density at radius 3 is 2.48 bits per heavy atom. The van der Waals surface area contributed by atoms with Crippen LogP contribution in [0, 0.1) is 5.82 Å². The Hall–Kier alpha value is -2.40. The van der Waals surface area contributed by atoms with E-state index in [2.05, 4.69) is 5.32 Å². The van der Waals surface area contributed by atoms with Crippen molar-refractivity contribution in [3.05, 3.63) is 100 Å². The molecule has 140 valence electrons. The lowest BCUT2D eigenvalue weighted by atomic mass is 10.1. The summed E-state index contributed by atoms with van der Waals surface area (Å²) in [6.45, 7) is 0.994. The number of benzene rings is 3. The minimum absolute atomic E-state index is 0.133. The first-order valence-corrected chi connectivity index (χ1v) is 9.09. The molecule has 27 heavy (non-hydrogen) atoms. The van der Waals surface area contributed by atoms with Crippen molar-refractivity contribution >= 4 is 11.6 Å². The Bertz CT molecular complexity index is 873. The van der Waals surface area contributed by atoms with Crippen molar-refractivity contribution in [2.24, 2.45) is 0 Å². The summed E-state index contributed by atoms with van der Waals surface area (Å²) in [6.07, 6.45) is -0.604. The van der Waals surface area contributed by atoms with E-state index in [-0.39, 0.29) is 12.4 Å². The van der Waals surface area contributed by atoms with E-state index in [1.54, 1.807) is 36.4 Å². The van der Waals surface area contributed by atoms with Gasteiger partial charge in [0.05, 0.1) is 6.10 Å². The van der Waals surface area contributed by atoms with Crippen LogP contribution in [-0.4, -0.2) is 11.7 Å². The molecule has 0 fully saturated rings. The summed E-state index contributed by atoms with van der Waals surface area (Å²) in [5, 5.41) is 14.0. The van der Waals surface area contributed by atoms with Crippen molar-refractivity contribution < 1.29 is 14.2 Å². The van der Waals surface area contributed by atoms with Crippen LogP contribution in [0.15, 0.2) is 72.8 Å². The number of ether oxygens (including phenoxy) is 1. The van der Waals surface area contributed by atoms with Gasteiger partial charge in [-0.2, -0.15) is 0 Å². The molecule has 1 atom stereocenters. The summed E-state index contributed by atoms with van der Waals surface area (Å²) in [7, 11) is 0. The number of halogens is 2. The van der Waals surface area contributed by atoms with Gasteiger partial charge in [-0.05, 0) is 29.8 Å². The molecule has 0 amide bonds. The molecular weight excluding hydrogens is 365 g/mol. The Balaban J connectivity index is 1.61. The number of aliphatic hydroxyl groups is 1. The lowest BCUT2D eigenvalue weighted by Gasteiger charge is -2.15. The second-order valence-electron chi connectivity index (χ2n) is 6.19. The van der Waals surface area contributed by atoms with Crippen molar-refractivity contribution in [1.29, 1.82) is 0 Å². The van der Waals surface area contributed by atoms with Gasteiger partial charge in [-0.15, -0.1) is 0 Å². The fourth-order valence-corrected chi connectivity index (χ4v) is 2.93. The average molecular weight is 386 g/mol. The van der Waals surface area contributed by atoms with E-state index in [1.807, 2.05) is 30.3 Å². The van der Waals surface area contributed by atoms with Crippen LogP contribution in [0.25, 0.3) is 0 Å². The molecule has 0 aliphatic heterocycles. The fourth-order valence-electron chi connectivity index (χ4n) is 2.73. The minimum Gasteiger partial charge on any atom is -0.488 e. The lowest BCUT2D eigenvalue weighted by molar-refractivity contribution is 0.174. The second-order valence-corrected chi connectivity index (χ2v) is 6.63. The van der Waals surface area contributed by atoms with E-state index in [1.165, 1.54) is 6.07 Å². The van der Waals surface area contributed by atoms with E-state index in [0.29, 0.717) is 29.4 Å². The molecule has 0 radical (unpaired) electrons. The normalized spacial score (nSPS) is 12.0. The minimum atomic E-state index is -0.604. The van der Waals surface area contributed by atoms with E-state index in [0.717, 1.165) is 11.1 Å². The van der Waals surface area contributed by atoms with E-state index in [9.17, 15) is 9.50 Å². The molecule has 0 bridgehead atoms. The van der Waals surface area contributed by atoms with Crippen molar-refractivity contribution in [3.63, 3.8) is 0 Å². The highest BCUT2D eigenvalue weighted by Gasteiger charge is 2.10. The van der Waals surface area contributed by atoms with Gasteiger partial charge in [0.15, 0.2) is 0 Å². The summed E-state index contributed by atoms with van der Waals surface area (Å²) in [5.41, 5.74) is 2.19. The van der Waals surface area contributed by atoms with Crippen LogP contribution >= 0.6 is 11.6 Å². The van der Waals surface area contributed by atoms with Crippen LogP contribution in [0.5, 0.6) is 5.75 Å². The van der Waals surface area contributed by atoms with Crippen LogP contribution in [-0.2, 0) is 13.2 Å². The maximum atomic E-state index is 13.8. The van der Waals surface area contributed by atoms with Gasteiger partial charge in [0, 0.05) is 29.2 Å². The van der Waals surface area contributed by atoms with Gasteiger partial charge >= 0.3 is 0 Å². The second kappa shape index (κ2) is 9.51. The van der Waals surface area contributed by atoms with Gasteiger partial charge in [-0.3, -0.25) is 0 Å². The molecule has 2 N–H and O–H groups in total. The summed E-state index contributed by atoms with van der Waals surface area (Å²) < 4.78 is 19.6. The van der Waals surface area contributed by atoms with Crippen LogP contribution < -0.4 is 10.1 Å². The first kappa shape index (κ1) is 19.4. The van der Waals surface area contributed by atoms with Crippen molar-refractivity contribution in [2.45, 2.75) is 19.3 Å². The highest BCUT2D eigenvalue weighted by molar-refractivity contribution is 6.30. The smallest absolute Gasteiger partial charge is 0.129 e. The first-order chi connectivity index (χ1) is 13.1. The van der Waals surface area contributed by atoms with Crippen molar-refractivity contribution in [2.75, 3.05) is 6.54 Å².